The minimum absolute atomic E-state index is 0.116. The molecule has 2 saturated heterocycles. The summed E-state index contributed by atoms with van der Waals surface area (Å²) in [6.45, 7) is 3.03. The Morgan fingerprint density at radius 1 is 0.814 bits per heavy atom. The molecule has 2 aromatic rings. The first kappa shape index (κ1) is 34.2. The highest BCUT2D eigenvalue weighted by atomic mass is 35.5. The molecule has 4 rings (SSSR count). The van der Waals surface area contributed by atoms with Crippen molar-refractivity contribution in [2.24, 2.45) is 17.6 Å². The van der Waals surface area contributed by atoms with Crippen molar-refractivity contribution in [1.82, 2.24) is 9.80 Å². The molecule has 0 aromatic heterocycles. The molecular formula is C30H34Cl2F3N3O5. The Hall–Kier alpha value is -3.31. The van der Waals surface area contributed by atoms with Gasteiger partial charge in [-0.05, 0) is 72.9 Å². The summed E-state index contributed by atoms with van der Waals surface area (Å²) in [6.07, 6.45) is -1.41. The first-order chi connectivity index (χ1) is 20.2. The molecule has 2 fully saturated rings. The Morgan fingerprint density at radius 2 is 1.26 bits per heavy atom. The van der Waals surface area contributed by atoms with E-state index in [-0.39, 0.29) is 18.5 Å². The monoisotopic (exact) mass is 643 g/mol. The number of nitrogens with two attached hydrogens (primary N) is 1. The average molecular weight is 645 g/mol. The number of hydrogen-bond donors (Lipinski definition) is 1. The summed E-state index contributed by atoms with van der Waals surface area (Å²) < 4.78 is 40.5. The van der Waals surface area contributed by atoms with Gasteiger partial charge in [-0.2, -0.15) is 13.2 Å². The molecule has 43 heavy (non-hydrogen) atoms. The van der Waals surface area contributed by atoms with E-state index in [1.54, 1.807) is 35.2 Å². The third-order valence-corrected chi connectivity index (χ3v) is 7.85. The summed E-state index contributed by atoms with van der Waals surface area (Å²) in [5.41, 5.74) is 6.82. The summed E-state index contributed by atoms with van der Waals surface area (Å²) in [7, 11) is 0. The number of alkyl halides is 3. The van der Waals surface area contributed by atoms with Crippen LogP contribution < -0.4 is 5.73 Å². The highest BCUT2D eigenvalue weighted by Gasteiger charge is 2.37. The quantitative estimate of drug-likeness (QED) is 0.332. The molecule has 0 bridgehead atoms. The average Bonchev–Trinajstić information content (AvgIpc) is 2.95. The molecule has 8 nitrogen and oxygen atoms in total. The Balaban J connectivity index is 0.000000242. The highest BCUT2D eigenvalue weighted by molar-refractivity contribution is 6.34. The second-order valence-corrected chi connectivity index (χ2v) is 11.9. The standard InChI is InChI=1S/C16H17ClF3NO3.C14H17ClN2O2/c1-10-5-6-13(11-3-2-4-12(17)7-11)21(8-10)14(22)15(23)24-9-16(18,19)20;1-9-5-6-12(10-3-2-4-11(15)7-10)17(8-9)14(19)13(16)18/h2-4,7,10,13H,5-6,8-9H2,1H3;2-4,7,9,12H,5-6,8H2,1H3,(H2,16,18)/t10-,13+;9-,12+/m00/s1. The van der Waals surface area contributed by atoms with Crippen LogP contribution in [0.25, 0.3) is 0 Å². The van der Waals surface area contributed by atoms with Crippen LogP contribution in [0.5, 0.6) is 0 Å². The Morgan fingerprint density at radius 3 is 1.65 bits per heavy atom. The van der Waals surface area contributed by atoms with Gasteiger partial charge >= 0.3 is 29.9 Å². The molecule has 2 N–H and O–H groups in total. The van der Waals surface area contributed by atoms with E-state index in [9.17, 15) is 32.3 Å². The second-order valence-electron chi connectivity index (χ2n) is 11.0. The molecule has 13 heteroatoms. The van der Waals surface area contributed by atoms with Gasteiger partial charge in [0.15, 0.2) is 6.61 Å². The van der Waals surface area contributed by atoms with E-state index in [0.29, 0.717) is 28.9 Å². The summed E-state index contributed by atoms with van der Waals surface area (Å²) in [4.78, 5) is 49.9. The number of rotatable bonds is 3. The summed E-state index contributed by atoms with van der Waals surface area (Å²) in [5, 5.41) is 1.11. The van der Waals surface area contributed by atoms with Gasteiger partial charge in [0.05, 0.1) is 12.1 Å². The van der Waals surface area contributed by atoms with Crippen LogP contribution in [0.3, 0.4) is 0 Å². The fraction of sp³-hybridized carbons (Fsp3) is 0.467. The molecule has 4 atom stereocenters. The molecule has 0 spiro atoms. The molecule has 2 aliphatic rings. The van der Waals surface area contributed by atoms with Crippen LogP contribution >= 0.6 is 23.2 Å². The zero-order valence-electron chi connectivity index (χ0n) is 23.8. The number of nitrogens with zero attached hydrogens (tertiary/aromatic N) is 2. The summed E-state index contributed by atoms with van der Waals surface area (Å²) in [6, 6.07) is 13.7. The topological polar surface area (TPSA) is 110 Å². The lowest BCUT2D eigenvalue weighted by molar-refractivity contribution is -0.190. The van der Waals surface area contributed by atoms with E-state index in [1.165, 1.54) is 4.90 Å². The number of hydrogen-bond acceptors (Lipinski definition) is 5. The fourth-order valence-corrected chi connectivity index (χ4v) is 5.74. The van der Waals surface area contributed by atoms with E-state index in [1.807, 2.05) is 25.1 Å². The van der Waals surface area contributed by atoms with Crippen LogP contribution in [-0.2, 0) is 23.9 Å². The van der Waals surface area contributed by atoms with Crippen molar-refractivity contribution < 1.29 is 37.1 Å². The van der Waals surface area contributed by atoms with E-state index < -0.39 is 42.5 Å². The van der Waals surface area contributed by atoms with Gasteiger partial charge in [0.1, 0.15) is 0 Å². The Bertz CT molecular complexity index is 1330. The number of ether oxygens (including phenoxy) is 1. The number of carbonyl (C=O) groups is 4. The lowest BCUT2D eigenvalue weighted by atomic mass is 9.90. The van der Waals surface area contributed by atoms with Crippen molar-refractivity contribution in [1.29, 1.82) is 0 Å². The van der Waals surface area contributed by atoms with E-state index in [4.69, 9.17) is 28.9 Å². The van der Waals surface area contributed by atoms with Crippen LogP contribution in [0.2, 0.25) is 10.0 Å². The molecule has 2 heterocycles. The fourth-order valence-electron chi connectivity index (χ4n) is 5.34. The normalized spacial score (nSPS) is 22.2. The minimum atomic E-state index is -4.67. The van der Waals surface area contributed by atoms with Gasteiger partial charge in [-0.1, -0.05) is 61.3 Å². The molecule has 0 aliphatic carbocycles. The molecule has 2 aliphatic heterocycles. The number of piperidine rings is 2. The molecule has 0 unspecified atom stereocenters. The van der Waals surface area contributed by atoms with Gasteiger partial charge in [0, 0.05) is 23.1 Å². The molecule has 234 valence electrons. The van der Waals surface area contributed by atoms with Crippen LogP contribution in [0.15, 0.2) is 48.5 Å². The molecule has 2 aromatic carbocycles. The Labute approximate surface area is 258 Å². The van der Waals surface area contributed by atoms with Gasteiger partial charge in [0.25, 0.3) is 0 Å². The smallest absolute Gasteiger partial charge is 0.422 e. The molecule has 0 saturated carbocycles. The number of esters is 1. The van der Waals surface area contributed by atoms with Crippen molar-refractivity contribution in [3.63, 3.8) is 0 Å². The van der Waals surface area contributed by atoms with Crippen molar-refractivity contribution in [2.45, 2.75) is 57.8 Å². The van der Waals surface area contributed by atoms with E-state index >= 15 is 0 Å². The minimum Gasteiger partial charge on any atom is -0.449 e. The van der Waals surface area contributed by atoms with Gasteiger partial charge in [-0.15, -0.1) is 0 Å². The lowest BCUT2D eigenvalue weighted by Gasteiger charge is -2.38. The third kappa shape index (κ3) is 9.86. The zero-order valence-corrected chi connectivity index (χ0v) is 25.3. The number of halogens is 5. The van der Waals surface area contributed by atoms with Crippen LogP contribution in [-0.4, -0.2) is 59.4 Å². The number of benzene rings is 2. The van der Waals surface area contributed by atoms with Gasteiger partial charge < -0.3 is 20.3 Å². The zero-order chi connectivity index (χ0) is 31.9. The van der Waals surface area contributed by atoms with Crippen molar-refractivity contribution in [2.75, 3.05) is 19.7 Å². The molecular weight excluding hydrogens is 610 g/mol. The maximum absolute atomic E-state index is 12.3. The van der Waals surface area contributed by atoms with Gasteiger partial charge in [-0.25, -0.2) is 4.79 Å². The Kier molecular flexibility index (Phi) is 11.9. The number of carbonyl (C=O) groups excluding carboxylic acids is 4. The molecule has 0 radical (unpaired) electrons. The summed E-state index contributed by atoms with van der Waals surface area (Å²) >= 11 is 11.9. The third-order valence-electron chi connectivity index (χ3n) is 7.38. The predicted molar refractivity (Wildman–Crippen MR) is 155 cm³/mol. The highest BCUT2D eigenvalue weighted by Crippen LogP contribution is 2.35. The predicted octanol–water partition coefficient (Wildman–Crippen LogP) is 5.87. The van der Waals surface area contributed by atoms with Crippen LogP contribution in [0, 0.1) is 11.8 Å². The molecule has 3 amide bonds. The van der Waals surface area contributed by atoms with E-state index in [2.05, 4.69) is 11.7 Å². The SMILES string of the molecule is C[C@H]1CC[C@H](c2cccc(Cl)c2)N(C(=O)C(=O)OCC(F)(F)F)C1.C[C@H]1CC[C@H](c2cccc(Cl)c2)N(C(=O)C(N)=O)C1. The van der Waals surface area contributed by atoms with Gasteiger partial charge in [-0.3, -0.25) is 14.4 Å². The number of amides is 3. The largest absolute Gasteiger partial charge is 0.449 e. The van der Waals surface area contributed by atoms with Crippen LogP contribution in [0.4, 0.5) is 13.2 Å². The number of likely N-dealkylation sites (tertiary alicyclic amines) is 2. The van der Waals surface area contributed by atoms with E-state index in [0.717, 1.165) is 30.4 Å². The van der Waals surface area contributed by atoms with Gasteiger partial charge in [0.2, 0.25) is 0 Å². The summed E-state index contributed by atoms with van der Waals surface area (Å²) in [5.74, 6) is -3.56. The second kappa shape index (κ2) is 14.9. The van der Waals surface area contributed by atoms with Crippen molar-refractivity contribution in [3.05, 3.63) is 69.7 Å². The first-order valence-corrected chi connectivity index (χ1v) is 14.6. The van der Waals surface area contributed by atoms with Crippen molar-refractivity contribution >= 4 is 46.9 Å². The maximum atomic E-state index is 12.3. The lowest BCUT2D eigenvalue weighted by Crippen LogP contribution is -2.46. The maximum Gasteiger partial charge on any atom is 0.422 e. The van der Waals surface area contributed by atoms with Crippen LogP contribution in [0.1, 0.15) is 62.7 Å². The number of primary amides is 1. The first-order valence-electron chi connectivity index (χ1n) is 13.8. The van der Waals surface area contributed by atoms with Crippen molar-refractivity contribution in [3.8, 4) is 0 Å².